The molecule has 1 aromatic heterocycles. The molecule has 6 heteroatoms. The number of halogens is 1. The Bertz CT molecular complexity index is 676. The molecule has 0 aliphatic heterocycles. The van der Waals surface area contributed by atoms with E-state index in [2.05, 4.69) is 10.3 Å². The van der Waals surface area contributed by atoms with E-state index in [0.717, 1.165) is 22.6 Å². The molecule has 0 amide bonds. The number of methoxy groups -OCH3 is 1. The van der Waals surface area contributed by atoms with E-state index in [4.69, 9.17) is 34.3 Å². The molecule has 21 heavy (non-hydrogen) atoms. The number of nitrogens with one attached hydrogen (secondary N) is 1. The summed E-state index contributed by atoms with van der Waals surface area (Å²) in [6.07, 6.45) is 0. The van der Waals surface area contributed by atoms with Crippen LogP contribution in [0.3, 0.4) is 0 Å². The number of aromatic nitrogens is 1. The highest BCUT2D eigenvalue weighted by molar-refractivity contribution is 7.80. The number of benzene rings is 1. The lowest BCUT2D eigenvalue weighted by atomic mass is 10.2. The second-order valence-electron chi connectivity index (χ2n) is 4.52. The van der Waals surface area contributed by atoms with Gasteiger partial charge >= 0.3 is 0 Å². The maximum atomic E-state index is 6.21. The summed E-state index contributed by atoms with van der Waals surface area (Å²) in [5.74, 6) is 1.43. The van der Waals surface area contributed by atoms with Crippen LogP contribution in [0.15, 0.2) is 30.3 Å². The Kier molecular flexibility index (Phi) is 4.98. The molecule has 0 atom stereocenters. The van der Waals surface area contributed by atoms with Crippen molar-refractivity contribution >= 4 is 34.6 Å². The molecule has 0 aliphatic rings. The third-order valence-corrected chi connectivity index (χ3v) is 3.57. The van der Waals surface area contributed by atoms with Crippen LogP contribution in [0, 0.1) is 6.92 Å². The zero-order chi connectivity index (χ0) is 15.4. The fraction of sp³-hybridized carbons (Fsp3) is 0.200. The maximum absolute atomic E-state index is 6.21. The maximum Gasteiger partial charge on any atom is 0.127 e. The fourth-order valence-electron chi connectivity index (χ4n) is 1.98. The summed E-state index contributed by atoms with van der Waals surface area (Å²) >= 11 is 11.2. The van der Waals surface area contributed by atoms with Crippen molar-refractivity contribution in [2.45, 2.75) is 13.5 Å². The molecule has 0 saturated heterocycles. The van der Waals surface area contributed by atoms with Crippen LogP contribution in [0.1, 0.15) is 16.8 Å². The van der Waals surface area contributed by atoms with Gasteiger partial charge in [0.2, 0.25) is 0 Å². The number of aryl methyl sites for hydroxylation is 1. The van der Waals surface area contributed by atoms with Gasteiger partial charge in [0.1, 0.15) is 16.6 Å². The van der Waals surface area contributed by atoms with E-state index in [9.17, 15) is 0 Å². The Morgan fingerprint density at radius 3 is 2.86 bits per heavy atom. The summed E-state index contributed by atoms with van der Waals surface area (Å²) < 4.78 is 5.31. The highest BCUT2D eigenvalue weighted by Gasteiger charge is 2.08. The van der Waals surface area contributed by atoms with E-state index in [1.807, 2.05) is 37.3 Å². The number of ether oxygens (including phenoxy) is 1. The average Bonchev–Trinajstić information content (AvgIpc) is 2.45. The van der Waals surface area contributed by atoms with Gasteiger partial charge in [-0.15, -0.1) is 0 Å². The number of thiocarbonyl (C=S) groups is 1. The molecule has 3 N–H and O–H groups in total. The summed E-state index contributed by atoms with van der Waals surface area (Å²) in [5.41, 5.74) is 8.17. The van der Waals surface area contributed by atoms with Gasteiger partial charge in [-0.1, -0.05) is 29.9 Å². The van der Waals surface area contributed by atoms with Crippen LogP contribution < -0.4 is 15.8 Å². The van der Waals surface area contributed by atoms with Gasteiger partial charge < -0.3 is 15.8 Å². The topological polar surface area (TPSA) is 60.2 Å². The quantitative estimate of drug-likeness (QED) is 0.827. The average molecular weight is 322 g/mol. The third-order valence-electron chi connectivity index (χ3n) is 2.98. The highest BCUT2D eigenvalue weighted by atomic mass is 35.5. The van der Waals surface area contributed by atoms with Crippen molar-refractivity contribution in [3.05, 3.63) is 52.2 Å². The van der Waals surface area contributed by atoms with Crippen LogP contribution in [0.2, 0.25) is 5.02 Å². The van der Waals surface area contributed by atoms with Crippen molar-refractivity contribution in [1.29, 1.82) is 0 Å². The standard InChI is InChI=1S/C15H16ClN3OS/c1-9-6-10(15(17)21)7-14(19-9)18-8-11-12(16)4-3-5-13(11)20-2/h3-7H,8H2,1-2H3,(H2,17,21)(H,18,19). The van der Waals surface area contributed by atoms with Crippen molar-refractivity contribution in [3.63, 3.8) is 0 Å². The number of anilines is 1. The van der Waals surface area contributed by atoms with E-state index in [-0.39, 0.29) is 0 Å². The molecule has 0 aliphatic carbocycles. The molecule has 2 aromatic rings. The number of pyridine rings is 1. The number of nitrogens with zero attached hydrogens (tertiary/aromatic N) is 1. The van der Waals surface area contributed by atoms with Crippen LogP contribution in [0.25, 0.3) is 0 Å². The first-order chi connectivity index (χ1) is 10.0. The predicted molar refractivity (Wildman–Crippen MR) is 90.2 cm³/mol. The molecular weight excluding hydrogens is 306 g/mol. The van der Waals surface area contributed by atoms with Gasteiger partial charge in [0.25, 0.3) is 0 Å². The molecule has 1 heterocycles. The van der Waals surface area contributed by atoms with E-state index in [1.54, 1.807) is 7.11 Å². The van der Waals surface area contributed by atoms with Gasteiger partial charge in [-0.05, 0) is 31.2 Å². The van der Waals surface area contributed by atoms with Crippen molar-refractivity contribution in [2.24, 2.45) is 5.73 Å². The van der Waals surface area contributed by atoms with Crippen molar-refractivity contribution in [1.82, 2.24) is 4.98 Å². The number of hydrogen-bond acceptors (Lipinski definition) is 4. The van der Waals surface area contributed by atoms with Crippen LogP contribution in [-0.4, -0.2) is 17.1 Å². The number of rotatable bonds is 5. The largest absolute Gasteiger partial charge is 0.496 e. The second-order valence-corrected chi connectivity index (χ2v) is 5.37. The summed E-state index contributed by atoms with van der Waals surface area (Å²) in [7, 11) is 1.62. The van der Waals surface area contributed by atoms with E-state index >= 15 is 0 Å². The van der Waals surface area contributed by atoms with Gasteiger partial charge in [-0.2, -0.15) is 0 Å². The number of hydrogen-bond donors (Lipinski definition) is 2. The fourth-order valence-corrected chi connectivity index (χ4v) is 2.33. The summed E-state index contributed by atoms with van der Waals surface area (Å²) in [5, 5.41) is 3.86. The Balaban J connectivity index is 2.23. The van der Waals surface area contributed by atoms with Gasteiger partial charge in [0.05, 0.1) is 7.11 Å². The first-order valence-corrected chi connectivity index (χ1v) is 7.13. The summed E-state index contributed by atoms with van der Waals surface area (Å²) in [6, 6.07) is 9.21. The zero-order valence-corrected chi connectivity index (χ0v) is 13.4. The second kappa shape index (κ2) is 6.74. The van der Waals surface area contributed by atoms with Crippen LogP contribution >= 0.6 is 23.8 Å². The Labute approximate surface area is 134 Å². The Morgan fingerprint density at radius 2 is 2.19 bits per heavy atom. The predicted octanol–water partition coefficient (Wildman–Crippen LogP) is 3.30. The SMILES string of the molecule is COc1cccc(Cl)c1CNc1cc(C(N)=S)cc(C)n1. The Hall–Kier alpha value is -1.85. The van der Waals surface area contributed by atoms with Gasteiger partial charge in [0.15, 0.2) is 0 Å². The zero-order valence-electron chi connectivity index (χ0n) is 11.8. The number of nitrogens with two attached hydrogens (primary N) is 1. The monoisotopic (exact) mass is 321 g/mol. The molecule has 110 valence electrons. The molecular formula is C15H16ClN3OS. The molecule has 1 aromatic carbocycles. The van der Waals surface area contributed by atoms with Crippen LogP contribution in [0.4, 0.5) is 5.82 Å². The van der Waals surface area contributed by atoms with Crippen molar-refractivity contribution in [3.8, 4) is 5.75 Å². The lowest BCUT2D eigenvalue weighted by Crippen LogP contribution is -2.12. The molecule has 0 bridgehead atoms. The van der Waals surface area contributed by atoms with E-state index in [1.165, 1.54) is 0 Å². The minimum absolute atomic E-state index is 0.346. The van der Waals surface area contributed by atoms with E-state index in [0.29, 0.717) is 22.4 Å². The van der Waals surface area contributed by atoms with E-state index < -0.39 is 0 Å². The summed E-state index contributed by atoms with van der Waals surface area (Å²) in [4.78, 5) is 4.75. The van der Waals surface area contributed by atoms with Crippen molar-refractivity contribution in [2.75, 3.05) is 12.4 Å². The lowest BCUT2D eigenvalue weighted by molar-refractivity contribution is 0.410. The van der Waals surface area contributed by atoms with Crippen LogP contribution in [0.5, 0.6) is 5.75 Å². The minimum Gasteiger partial charge on any atom is -0.496 e. The highest BCUT2D eigenvalue weighted by Crippen LogP contribution is 2.27. The first-order valence-electron chi connectivity index (χ1n) is 6.35. The Morgan fingerprint density at radius 1 is 1.43 bits per heavy atom. The lowest BCUT2D eigenvalue weighted by Gasteiger charge is -2.13. The minimum atomic E-state index is 0.346. The van der Waals surface area contributed by atoms with Crippen LogP contribution in [-0.2, 0) is 6.54 Å². The van der Waals surface area contributed by atoms with Gasteiger partial charge in [0, 0.05) is 28.4 Å². The summed E-state index contributed by atoms with van der Waals surface area (Å²) in [6.45, 7) is 2.39. The smallest absolute Gasteiger partial charge is 0.127 e. The third kappa shape index (κ3) is 3.83. The van der Waals surface area contributed by atoms with Gasteiger partial charge in [-0.3, -0.25) is 0 Å². The van der Waals surface area contributed by atoms with Gasteiger partial charge in [-0.25, -0.2) is 4.98 Å². The molecule has 0 fully saturated rings. The molecule has 0 saturated carbocycles. The molecule has 0 radical (unpaired) electrons. The molecule has 0 unspecified atom stereocenters. The molecule has 4 nitrogen and oxygen atoms in total. The molecule has 2 rings (SSSR count). The molecule has 0 spiro atoms. The normalized spacial score (nSPS) is 10.2. The van der Waals surface area contributed by atoms with Crippen molar-refractivity contribution < 1.29 is 4.74 Å². The first kappa shape index (κ1) is 15.5.